The van der Waals surface area contributed by atoms with E-state index in [2.05, 4.69) is 19.9 Å². The van der Waals surface area contributed by atoms with Crippen molar-refractivity contribution in [3.05, 3.63) is 33.8 Å². The van der Waals surface area contributed by atoms with Crippen molar-refractivity contribution in [2.24, 2.45) is 0 Å². The van der Waals surface area contributed by atoms with Crippen LogP contribution in [-0.4, -0.2) is 70.2 Å². The minimum atomic E-state index is -4.01. The summed E-state index contributed by atoms with van der Waals surface area (Å²) in [5.74, 6) is -3.75. The molecule has 0 spiro atoms. The molecule has 0 aliphatic carbocycles. The Hall–Kier alpha value is -2.23. The van der Waals surface area contributed by atoms with E-state index in [4.69, 9.17) is 27.6 Å². The van der Waals surface area contributed by atoms with Crippen molar-refractivity contribution in [3.63, 3.8) is 0 Å². The van der Waals surface area contributed by atoms with Gasteiger partial charge >= 0.3 is 0 Å². The minimum absolute atomic E-state index is 0.0503. The molecule has 1 aliphatic rings. The fourth-order valence-corrected chi connectivity index (χ4v) is 7.05. The lowest BCUT2D eigenvalue weighted by Crippen LogP contribution is -2.32. The minimum Gasteiger partial charge on any atom is -0.419 e. The number of likely N-dealkylation sites (tertiary alicyclic amines) is 1. The van der Waals surface area contributed by atoms with Gasteiger partial charge in [-0.2, -0.15) is 0 Å². The van der Waals surface area contributed by atoms with Crippen LogP contribution in [0.5, 0.6) is 0 Å². The highest BCUT2D eigenvalue weighted by molar-refractivity contribution is 7.89. The van der Waals surface area contributed by atoms with Crippen LogP contribution in [0.15, 0.2) is 21.4 Å². The molecule has 2 aromatic heterocycles. The second kappa shape index (κ2) is 10.6. The Labute approximate surface area is 237 Å². The summed E-state index contributed by atoms with van der Waals surface area (Å²) in [4.78, 5) is 18.6. The number of benzene rings is 1. The number of alkyl halides is 2. The molecule has 3 aromatic rings. The first-order valence-electron chi connectivity index (χ1n) is 11.7. The Morgan fingerprint density at radius 1 is 1.28 bits per heavy atom. The first kappa shape index (κ1) is 29.7. The first-order valence-corrected chi connectivity index (χ1v) is 14.8. The van der Waals surface area contributed by atoms with E-state index < -0.39 is 46.5 Å². The van der Waals surface area contributed by atoms with Crippen molar-refractivity contribution in [1.29, 1.82) is 0 Å². The molecule has 4 rings (SSSR count). The molecule has 1 aromatic carbocycles. The number of nitrogens with one attached hydrogen (secondary N) is 1. The molecule has 212 valence electrons. The molecule has 0 unspecified atom stereocenters. The maximum absolute atomic E-state index is 13.9. The molecule has 3 heterocycles. The molecular weight excluding hydrogens is 599 g/mol. The zero-order chi connectivity index (χ0) is 28.9. The summed E-state index contributed by atoms with van der Waals surface area (Å²) in [5.41, 5.74) is -1.17. The van der Waals surface area contributed by atoms with Gasteiger partial charge in [-0.15, -0.1) is 21.5 Å². The number of hydrogen-bond donors (Lipinski definition) is 2. The highest BCUT2D eigenvalue weighted by atomic mass is 35.5. The quantitative estimate of drug-likeness (QED) is 0.370. The summed E-state index contributed by atoms with van der Waals surface area (Å²) in [6.45, 7) is 5.46. The number of sulfonamides is 1. The highest BCUT2D eigenvalue weighted by Gasteiger charge is 2.42. The van der Waals surface area contributed by atoms with Crippen molar-refractivity contribution < 1.29 is 31.5 Å². The number of amides is 1. The molecule has 0 radical (unpaired) electrons. The number of halogens is 4. The standard InChI is InChI=1S/C23H25Cl2F2N5O5S2/c1-11(2)31-39(35,36)13-6-5-12(15(24)16(13)25)18-17(21(33)32-8-7-23(26,27)10-32)28-20(38-18)19-30-29-14(37-19)9-22(3,4)34/h5-6,11,31,34H,7-10H2,1-4H3. The van der Waals surface area contributed by atoms with Gasteiger partial charge in [-0.3, -0.25) is 4.79 Å². The largest absolute Gasteiger partial charge is 0.419 e. The zero-order valence-electron chi connectivity index (χ0n) is 21.3. The van der Waals surface area contributed by atoms with Crippen molar-refractivity contribution in [3.8, 4) is 21.3 Å². The predicted octanol–water partition coefficient (Wildman–Crippen LogP) is 4.65. The summed E-state index contributed by atoms with van der Waals surface area (Å²) in [6, 6.07) is 2.19. The molecule has 39 heavy (non-hydrogen) atoms. The summed E-state index contributed by atoms with van der Waals surface area (Å²) in [7, 11) is -4.01. The first-order chi connectivity index (χ1) is 18.0. The van der Waals surface area contributed by atoms with Gasteiger partial charge in [0.1, 0.15) is 10.6 Å². The smallest absolute Gasteiger partial charge is 0.276 e. The van der Waals surface area contributed by atoms with Crippen molar-refractivity contribution >= 4 is 50.5 Å². The van der Waals surface area contributed by atoms with Gasteiger partial charge in [-0.1, -0.05) is 29.3 Å². The van der Waals surface area contributed by atoms with E-state index in [1.54, 1.807) is 27.7 Å². The van der Waals surface area contributed by atoms with Crippen LogP contribution in [0, 0.1) is 0 Å². The number of nitrogens with zero attached hydrogens (tertiary/aromatic N) is 4. The van der Waals surface area contributed by atoms with E-state index >= 15 is 0 Å². The van der Waals surface area contributed by atoms with Gasteiger partial charge in [0.15, 0.2) is 5.01 Å². The molecule has 0 bridgehead atoms. The Morgan fingerprint density at radius 3 is 2.56 bits per heavy atom. The Kier molecular flexibility index (Phi) is 8.11. The van der Waals surface area contributed by atoms with Crippen LogP contribution >= 0.6 is 34.5 Å². The van der Waals surface area contributed by atoms with Crippen LogP contribution in [0.1, 0.15) is 50.5 Å². The molecule has 16 heteroatoms. The molecule has 1 saturated heterocycles. The SMILES string of the molecule is CC(C)NS(=O)(=O)c1ccc(-c2sc(-c3nnc(CC(C)(C)O)o3)nc2C(=O)N2CCC(F)(F)C2)c(Cl)c1Cl. The van der Waals surface area contributed by atoms with Gasteiger partial charge < -0.3 is 14.4 Å². The second-order valence-electron chi connectivity index (χ2n) is 10.0. The van der Waals surface area contributed by atoms with E-state index in [-0.39, 0.29) is 60.8 Å². The van der Waals surface area contributed by atoms with Gasteiger partial charge in [0.25, 0.3) is 17.7 Å². The molecule has 0 atom stereocenters. The third-order valence-electron chi connectivity index (χ3n) is 5.49. The molecule has 1 fully saturated rings. The normalized spacial score (nSPS) is 15.9. The van der Waals surface area contributed by atoms with Gasteiger partial charge in [0, 0.05) is 24.6 Å². The Balaban J connectivity index is 1.82. The maximum atomic E-state index is 13.9. The van der Waals surface area contributed by atoms with Crippen molar-refractivity contribution in [2.75, 3.05) is 13.1 Å². The molecule has 2 N–H and O–H groups in total. The van der Waals surface area contributed by atoms with E-state index in [0.29, 0.717) is 0 Å². The Bertz CT molecular complexity index is 1520. The molecule has 1 amide bonds. The number of hydrogen-bond acceptors (Lipinski definition) is 9. The lowest BCUT2D eigenvalue weighted by Gasteiger charge is -2.16. The fraction of sp³-hybridized carbons (Fsp3) is 0.478. The average molecular weight is 625 g/mol. The second-order valence-corrected chi connectivity index (χ2v) is 13.5. The van der Waals surface area contributed by atoms with Gasteiger partial charge in [0.05, 0.1) is 33.5 Å². The van der Waals surface area contributed by atoms with E-state index in [1.165, 1.54) is 12.1 Å². The Morgan fingerprint density at radius 2 is 1.97 bits per heavy atom. The fourth-order valence-electron chi connectivity index (χ4n) is 3.87. The molecule has 10 nitrogen and oxygen atoms in total. The third kappa shape index (κ3) is 6.57. The number of thiazole rings is 1. The van der Waals surface area contributed by atoms with E-state index in [1.807, 2.05) is 0 Å². The predicted molar refractivity (Wildman–Crippen MR) is 142 cm³/mol. The zero-order valence-corrected chi connectivity index (χ0v) is 24.4. The van der Waals surface area contributed by atoms with Gasteiger partial charge in [0.2, 0.25) is 15.9 Å². The number of aliphatic hydroxyl groups is 1. The van der Waals surface area contributed by atoms with Crippen LogP contribution in [0.25, 0.3) is 21.3 Å². The van der Waals surface area contributed by atoms with Crippen molar-refractivity contribution in [1.82, 2.24) is 24.8 Å². The summed E-state index contributed by atoms with van der Waals surface area (Å²) in [5, 5.41) is 17.5. The third-order valence-corrected chi connectivity index (χ3v) is 9.26. The molecular formula is C23H25Cl2F2N5O5S2. The maximum Gasteiger partial charge on any atom is 0.276 e. The summed E-state index contributed by atoms with van der Waals surface area (Å²) < 4.78 is 61.3. The summed E-state index contributed by atoms with van der Waals surface area (Å²) >= 11 is 13.8. The molecule has 1 aliphatic heterocycles. The van der Waals surface area contributed by atoms with Crippen LogP contribution in [-0.2, 0) is 16.4 Å². The van der Waals surface area contributed by atoms with E-state index in [9.17, 15) is 27.1 Å². The van der Waals surface area contributed by atoms with Crippen LogP contribution in [0.3, 0.4) is 0 Å². The van der Waals surface area contributed by atoms with Gasteiger partial charge in [-0.25, -0.2) is 26.9 Å². The number of carbonyl (C=O) groups is 1. The number of rotatable bonds is 8. The highest BCUT2D eigenvalue weighted by Crippen LogP contribution is 2.44. The average Bonchev–Trinajstić information content (AvgIpc) is 3.51. The number of aromatic nitrogens is 3. The van der Waals surface area contributed by atoms with Crippen LogP contribution in [0.4, 0.5) is 8.78 Å². The molecule has 0 saturated carbocycles. The van der Waals surface area contributed by atoms with Crippen LogP contribution < -0.4 is 4.72 Å². The number of carbonyl (C=O) groups excluding carboxylic acids is 1. The topological polar surface area (TPSA) is 139 Å². The van der Waals surface area contributed by atoms with Crippen molar-refractivity contribution in [2.45, 2.75) is 63.0 Å². The monoisotopic (exact) mass is 623 g/mol. The van der Waals surface area contributed by atoms with Gasteiger partial charge in [-0.05, 0) is 33.8 Å². The van der Waals surface area contributed by atoms with E-state index in [0.717, 1.165) is 16.2 Å². The summed E-state index contributed by atoms with van der Waals surface area (Å²) in [6.07, 6.45) is -0.439. The lowest BCUT2D eigenvalue weighted by atomic mass is 10.1. The van der Waals surface area contributed by atoms with Crippen LogP contribution in [0.2, 0.25) is 10.0 Å². The lowest BCUT2D eigenvalue weighted by molar-refractivity contribution is 0.0119.